The Labute approximate surface area is 140 Å². The average molecular weight is 323 g/mol. The van der Waals surface area contributed by atoms with Gasteiger partial charge in [-0.3, -0.25) is 15.0 Å². The lowest BCUT2D eigenvalue weighted by Crippen LogP contribution is -2.45. The van der Waals surface area contributed by atoms with Gasteiger partial charge in [-0.2, -0.15) is 5.10 Å². The number of rotatable bonds is 4. The molecule has 4 rings (SSSR count). The lowest BCUT2D eigenvalue weighted by molar-refractivity contribution is 0.0668. The van der Waals surface area contributed by atoms with Crippen LogP contribution in [0.25, 0.3) is 0 Å². The number of hydrazine groups is 1. The van der Waals surface area contributed by atoms with E-state index in [1.54, 1.807) is 18.3 Å². The molecule has 122 valence electrons. The van der Waals surface area contributed by atoms with E-state index in [0.29, 0.717) is 12.1 Å². The summed E-state index contributed by atoms with van der Waals surface area (Å²) < 4.78 is 14.0. The first kappa shape index (κ1) is 14.8. The van der Waals surface area contributed by atoms with Crippen LogP contribution in [-0.4, -0.2) is 33.4 Å². The molecule has 0 fully saturated rings. The molecule has 0 saturated heterocycles. The van der Waals surface area contributed by atoms with E-state index in [2.05, 4.69) is 16.5 Å². The summed E-state index contributed by atoms with van der Waals surface area (Å²) in [5.41, 5.74) is 5.71. The van der Waals surface area contributed by atoms with Gasteiger partial charge in [-0.1, -0.05) is 30.3 Å². The minimum Gasteiger partial charge on any atom is -0.291 e. The largest absolute Gasteiger partial charge is 0.291 e. The van der Waals surface area contributed by atoms with Crippen molar-refractivity contribution < 1.29 is 4.39 Å². The van der Waals surface area contributed by atoms with Gasteiger partial charge in [-0.05, 0) is 18.2 Å². The van der Waals surface area contributed by atoms with Crippen LogP contribution in [0.5, 0.6) is 0 Å². The van der Waals surface area contributed by atoms with Gasteiger partial charge in [0.2, 0.25) is 0 Å². The number of halogens is 1. The third kappa shape index (κ3) is 2.88. The van der Waals surface area contributed by atoms with Gasteiger partial charge in [0.05, 0.1) is 18.0 Å². The van der Waals surface area contributed by atoms with Gasteiger partial charge in [0.1, 0.15) is 12.0 Å². The highest BCUT2D eigenvalue weighted by Crippen LogP contribution is 2.25. The molecule has 0 aliphatic carbocycles. The molecule has 0 radical (unpaired) electrons. The Bertz CT molecular complexity index is 774. The maximum atomic E-state index is 14.0. The van der Waals surface area contributed by atoms with Gasteiger partial charge in [0.15, 0.2) is 0 Å². The van der Waals surface area contributed by atoms with Gasteiger partial charge < -0.3 is 0 Å². The summed E-state index contributed by atoms with van der Waals surface area (Å²) in [6, 6.07) is 12.6. The maximum Gasteiger partial charge on any atom is 0.138 e. The predicted molar refractivity (Wildman–Crippen MR) is 90.1 cm³/mol. The van der Waals surface area contributed by atoms with Crippen LogP contribution in [0.15, 0.2) is 66.0 Å². The van der Waals surface area contributed by atoms with Crippen molar-refractivity contribution >= 4 is 5.71 Å². The molecule has 0 bridgehead atoms. The first-order valence-corrected chi connectivity index (χ1v) is 7.99. The SMILES string of the molecule is Fc1ccccc1CN1N=C(c2ccccn2)CC1N1C=CCN1. The Morgan fingerprint density at radius 2 is 2.04 bits per heavy atom. The van der Waals surface area contributed by atoms with Crippen molar-refractivity contribution in [3.05, 3.63) is 78.0 Å². The van der Waals surface area contributed by atoms with Crippen LogP contribution in [0.2, 0.25) is 0 Å². The van der Waals surface area contributed by atoms with Crippen LogP contribution in [-0.2, 0) is 6.54 Å². The molecule has 1 aromatic carbocycles. The summed E-state index contributed by atoms with van der Waals surface area (Å²) in [7, 11) is 0. The Morgan fingerprint density at radius 1 is 1.17 bits per heavy atom. The molecule has 1 atom stereocenters. The zero-order chi connectivity index (χ0) is 16.4. The fourth-order valence-electron chi connectivity index (χ4n) is 3.00. The van der Waals surface area contributed by atoms with E-state index in [1.165, 1.54) is 6.07 Å². The van der Waals surface area contributed by atoms with Crippen molar-refractivity contribution in [2.24, 2.45) is 5.10 Å². The Balaban J connectivity index is 1.62. The molecule has 1 unspecified atom stereocenters. The zero-order valence-electron chi connectivity index (χ0n) is 13.1. The summed E-state index contributed by atoms with van der Waals surface area (Å²) in [4.78, 5) is 4.39. The summed E-state index contributed by atoms with van der Waals surface area (Å²) in [6.07, 6.45) is 6.56. The molecular weight excluding hydrogens is 305 g/mol. The van der Waals surface area contributed by atoms with Crippen LogP contribution >= 0.6 is 0 Å². The van der Waals surface area contributed by atoms with Crippen LogP contribution in [0.1, 0.15) is 17.7 Å². The predicted octanol–water partition coefficient (Wildman–Crippen LogP) is 2.49. The van der Waals surface area contributed by atoms with Gasteiger partial charge in [0, 0.05) is 30.9 Å². The Kier molecular flexibility index (Phi) is 3.96. The molecule has 24 heavy (non-hydrogen) atoms. The number of benzene rings is 1. The van der Waals surface area contributed by atoms with E-state index in [1.807, 2.05) is 40.5 Å². The minimum absolute atomic E-state index is 0.000335. The minimum atomic E-state index is -0.206. The number of nitrogens with zero attached hydrogens (tertiary/aromatic N) is 4. The highest BCUT2D eigenvalue weighted by Gasteiger charge is 2.32. The molecule has 5 nitrogen and oxygen atoms in total. The first-order chi connectivity index (χ1) is 11.8. The number of hydrogen-bond donors (Lipinski definition) is 1. The van der Waals surface area contributed by atoms with Crippen molar-refractivity contribution in [2.75, 3.05) is 6.54 Å². The molecule has 3 heterocycles. The smallest absolute Gasteiger partial charge is 0.138 e. The number of hydrogen-bond acceptors (Lipinski definition) is 5. The summed E-state index contributed by atoms with van der Waals surface area (Å²) in [5, 5.41) is 8.68. The number of hydrazone groups is 1. The summed E-state index contributed by atoms with van der Waals surface area (Å²) in [6.45, 7) is 1.21. The van der Waals surface area contributed by atoms with E-state index in [9.17, 15) is 4.39 Å². The third-order valence-electron chi connectivity index (χ3n) is 4.20. The van der Waals surface area contributed by atoms with Crippen LogP contribution < -0.4 is 5.43 Å². The van der Waals surface area contributed by atoms with E-state index in [0.717, 1.165) is 24.4 Å². The van der Waals surface area contributed by atoms with E-state index >= 15 is 0 Å². The molecule has 2 aliphatic rings. The fraction of sp³-hybridized carbons (Fsp3) is 0.222. The van der Waals surface area contributed by atoms with Crippen LogP contribution in [0, 0.1) is 5.82 Å². The second-order valence-corrected chi connectivity index (χ2v) is 5.79. The average Bonchev–Trinajstić information content (AvgIpc) is 3.27. The normalized spacial score (nSPS) is 19.9. The Hall–Kier alpha value is -2.73. The third-order valence-corrected chi connectivity index (χ3v) is 4.20. The lowest BCUT2D eigenvalue weighted by atomic mass is 10.1. The maximum absolute atomic E-state index is 14.0. The molecule has 0 saturated carbocycles. The molecule has 0 spiro atoms. The second-order valence-electron chi connectivity index (χ2n) is 5.79. The van der Waals surface area contributed by atoms with Gasteiger partial charge in [0.25, 0.3) is 0 Å². The highest BCUT2D eigenvalue weighted by molar-refractivity contribution is 6.00. The standard InChI is InChI=1S/C18H18FN5/c19-15-7-2-1-6-14(15)13-24-18(23-11-5-10-21-23)12-17(22-24)16-8-3-4-9-20-16/h1-9,11,18,21H,10,12-13H2. The summed E-state index contributed by atoms with van der Waals surface area (Å²) >= 11 is 0. The molecular formula is C18H18FN5. The molecule has 2 aliphatic heterocycles. The summed E-state index contributed by atoms with van der Waals surface area (Å²) in [5.74, 6) is -0.206. The molecule has 0 amide bonds. The van der Waals surface area contributed by atoms with E-state index < -0.39 is 0 Å². The first-order valence-electron chi connectivity index (χ1n) is 7.99. The van der Waals surface area contributed by atoms with Gasteiger partial charge >= 0.3 is 0 Å². The molecule has 6 heteroatoms. The van der Waals surface area contributed by atoms with Gasteiger partial charge in [-0.15, -0.1) is 0 Å². The lowest BCUT2D eigenvalue weighted by Gasteiger charge is -2.31. The van der Waals surface area contributed by atoms with Crippen molar-refractivity contribution in [3.63, 3.8) is 0 Å². The zero-order valence-corrected chi connectivity index (χ0v) is 13.1. The fourth-order valence-corrected chi connectivity index (χ4v) is 3.00. The number of nitrogens with one attached hydrogen (secondary N) is 1. The van der Waals surface area contributed by atoms with Crippen LogP contribution in [0.4, 0.5) is 4.39 Å². The van der Waals surface area contributed by atoms with Crippen molar-refractivity contribution in [1.82, 2.24) is 20.4 Å². The van der Waals surface area contributed by atoms with E-state index in [4.69, 9.17) is 5.10 Å². The van der Waals surface area contributed by atoms with Crippen molar-refractivity contribution in [3.8, 4) is 0 Å². The highest BCUT2D eigenvalue weighted by atomic mass is 19.1. The van der Waals surface area contributed by atoms with Gasteiger partial charge in [-0.25, -0.2) is 9.82 Å². The molecule has 2 aromatic rings. The molecule has 1 N–H and O–H groups in total. The number of aromatic nitrogens is 1. The monoisotopic (exact) mass is 323 g/mol. The topological polar surface area (TPSA) is 43.8 Å². The Morgan fingerprint density at radius 3 is 2.79 bits per heavy atom. The quantitative estimate of drug-likeness (QED) is 0.939. The van der Waals surface area contributed by atoms with Crippen molar-refractivity contribution in [1.29, 1.82) is 0 Å². The second kappa shape index (κ2) is 6.41. The number of pyridine rings is 1. The van der Waals surface area contributed by atoms with E-state index in [-0.39, 0.29) is 12.0 Å². The van der Waals surface area contributed by atoms with Crippen molar-refractivity contribution in [2.45, 2.75) is 19.1 Å². The van der Waals surface area contributed by atoms with Crippen LogP contribution in [0.3, 0.4) is 0 Å². The molecule has 1 aromatic heterocycles.